The first-order valence-electron chi connectivity index (χ1n) is 6.41. The van der Waals surface area contributed by atoms with Gasteiger partial charge in [0.25, 0.3) is 0 Å². The average molecular weight is 272 g/mol. The van der Waals surface area contributed by atoms with Crippen LogP contribution in [0.3, 0.4) is 0 Å². The molecule has 0 radical (unpaired) electrons. The van der Waals surface area contributed by atoms with E-state index in [2.05, 4.69) is 18.7 Å². The minimum absolute atomic E-state index is 0.203. The number of nitrogen functional groups attached to an aromatic ring is 1. The van der Waals surface area contributed by atoms with E-state index in [0.717, 1.165) is 38.1 Å². The third-order valence-electron chi connectivity index (χ3n) is 3.81. The summed E-state index contributed by atoms with van der Waals surface area (Å²) < 4.78 is 37.7. The summed E-state index contributed by atoms with van der Waals surface area (Å²) in [6.45, 7) is 6.09. The normalized spacial score (nSPS) is 19.5. The molecule has 1 aliphatic rings. The third-order valence-corrected chi connectivity index (χ3v) is 3.81. The molecule has 19 heavy (non-hydrogen) atoms. The summed E-state index contributed by atoms with van der Waals surface area (Å²) >= 11 is 0. The van der Waals surface area contributed by atoms with Crippen molar-refractivity contribution in [3.63, 3.8) is 0 Å². The van der Waals surface area contributed by atoms with Crippen molar-refractivity contribution in [1.82, 2.24) is 0 Å². The van der Waals surface area contributed by atoms with Gasteiger partial charge in [0.1, 0.15) is 0 Å². The largest absolute Gasteiger partial charge is 0.416 e. The van der Waals surface area contributed by atoms with Crippen LogP contribution in [-0.4, -0.2) is 13.1 Å². The Morgan fingerprint density at radius 2 is 1.74 bits per heavy atom. The van der Waals surface area contributed by atoms with E-state index in [9.17, 15) is 13.2 Å². The van der Waals surface area contributed by atoms with Gasteiger partial charge < -0.3 is 10.6 Å². The Balaban J connectivity index is 2.19. The molecule has 2 N–H and O–H groups in total. The number of nitrogens with zero attached hydrogens (tertiary/aromatic N) is 1. The molecule has 1 aliphatic heterocycles. The highest BCUT2D eigenvalue weighted by atomic mass is 19.4. The van der Waals surface area contributed by atoms with E-state index in [1.165, 1.54) is 6.07 Å². The maximum atomic E-state index is 12.6. The van der Waals surface area contributed by atoms with Crippen molar-refractivity contribution < 1.29 is 13.2 Å². The van der Waals surface area contributed by atoms with Crippen LogP contribution >= 0.6 is 0 Å². The maximum Gasteiger partial charge on any atom is 0.416 e. The molecule has 0 saturated carbocycles. The number of benzene rings is 1. The molecule has 0 unspecified atom stereocenters. The van der Waals surface area contributed by atoms with Gasteiger partial charge in [-0.2, -0.15) is 13.2 Å². The molecule has 0 atom stereocenters. The Kier molecular flexibility index (Phi) is 3.41. The predicted octanol–water partition coefficient (Wildman–Crippen LogP) is 3.91. The van der Waals surface area contributed by atoms with Crippen molar-refractivity contribution >= 4 is 11.4 Å². The Labute approximate surface area is 111 Å². The highest BCUT2D eigenvalue weighted by Crippen LogP contribution is 2.37. The molecule has 1 fully saturated rings. The van der Waals surface area contributed by atoms with Gasteiger partial charge in [0.15, 0.2) is 0 Å². The molecule has 5 heteroatoms. The first-order chi connectivity index (χ1) is 8.69. The van der Waals surface area contributed by atoms with Gasteiger partial charge in [-0.05, 0) is 36.5 Å². The summed E-state index contributed by atoms with van der Waals surface area (Å²) in [5.74, 6) is 0. The van der Waals surface area contributed by atoms with Crippen LogP contribution in [0.5, 0.6) is 0 Å². The number of halogens is 3. The summed E-state index contributed by atoms with van der Waals surface area (Å²) in [5.41, 5.74) is 6.30. The zero-order valence-electron chi connectivity index (χ0n) is 11.2. The fourth-order valence-electron chi connectivity index (χ4n) is 2.37. The van der Waals surface area contributed by atoms with Gasteiger partial charge in [-0.3, -0.25) is 0 Å². The fourth-order valence-corrected chi connectivity index (χ4v) is 2.37. The molecule has 1 heterocycles. The molecule has 2 nitrogen and oxygen atoms in total. The van der Waals surface area contributed by atoms with Crippen LogP contribution in [0.2, 0.25) is 0 Å². The predicted molar refractivity (Wildman–Crippen MR) is 71.1 cm³/mol. The van der Waals surface area contributed by atoms with E-state index in [1.807, 2.05) is 0 Å². The van der Waals surface area contributed by atoms with Crippen molar-refractivity contribution in [2.24, 2.45) is 5.41 Å². The lowest BCUT2D eigenvalue weighted by Gasteiger charge is -2.38. The zero-order valence-corrected chi connectivity index (χ0v) is 11.2. The molecule has 0 bridgehead atoms. The molecular formula is C14H19F3N2. The molecule has 106 valence electrons. The molecular weight excluding hydrogens is 253 g/mol. The van der Waals surface area contributed by atoms with Crippen LogP contribution < -0.4 is 10.6 Å². The molecule has 1 aromatic rings. The molecule has 0 aromatic heterocycles. The van der Waals surface area contributed by atoms with Crippen molar-refractivity contribution in [3.05, 3.63) is 23.8 Å². The second-order valence-corrected chi connectivity index (χ2v) is 5.92. The number of rotatable bonds is 1. The number of hydrogen-bond donors (Lipinski definition) is 1. The SMILES string of the molecule is CC1(C)CCN(c2ccc(C(F)(F)F)cc2N)CC1. The fraction of sp³-hybridized carbons (Fsp3) is 0.571. The second-order valence-electron chi connectivity index (χ2n) is 5.92. The van der Waals surface area contributed by atoms with Crippen molar-refractivity contribution in [2.45, 2.75) is 32.9 Å². The standard InChI is InChI=1S/C14H19F3N2/c1-13(2)5-7-19(8-6-13)12-4-3-10(9-11(12)18)14(15,16)17/h3-4,9H,5-8,18H2,1-2H3. The molecule has 1 aromatic carbocycles. The van der Waals surface area contributed by atoms with Crippen LogP contribution in [0.15, 0.2) is 18.2 Å². The first kappa shape index (κ1) is 14.0. The summed E-state index contributed by atoms with van der Waals surface area (Å²) in [6, 6.07) is 3.61. The monoisotopic (exact) mass is 272 g/mol. The molecule has 0 aliphatic carbocycles. The smallest absolute Gasteiger partial charge is 0.397 e. The summed E-state index contributed by atoms with van der Waals surface area (Å²) in [4.78, 5) is 2.07. The van der Waals surface area contributed by atoms with Gasteiger partial charge in [-0.1, -0.05) is 13.8 Å². The Morgan fingerprint density at radius 3 is 2.21 bits per heavy atom. The minimum Gasteiger partial charge on any atom is -0.397 e. The van der Waals surface area contributed by atoms with E-state index >= 15 is 0 Å². The van der Waals surface area contributed by atoms with E-state index in [4.69, 9.17) is 5.73 Å². The van der Waals surface area contributed by atoms with Gasteiger partial charge in [-0.25, -0.2) is 0 Å². The third kappa shape index (κ3) is 3.14. The zero-order chi connectivity index (χ0) is 14.3. The van der Waals surface area contributed by atoms with Crippen molar-refractivity contribution in [1.29, 1.82) is 0 Å². The molecule has 2 rings (SSSR count). The van der Waals surface area contributed by atoms with Gasteiger partial charge in [0, 0.05) is 13.1 Å². The molecule has 1 saturated heterocycles. The van der Waals surface area contributed by atoms with Crippen LogP contribution in [0.4, 0.5) is 24.5 Å². The number of nitrogens with two attached hydrogens (primary N) is 1. The lowest BCUT2D eigenvalue weighted by molar-refractivity contribution is -0.137. The van der Waals surface area contributed by atoms with Gasteiger partial charge in [0.05, 0.1) is 16.9 Å². The number of hydrogen-bond acceptors (Lipinski definition) is 2. The number of anilines is 2. The van der Waals surface area contributed by atoms with Crippen LogP contribution in [0, 0.1) is 5.41 Å². The number of alkyl halides is 3. The van der Waals surface area contributed by atoms with Gasteiger partial charge in [-0.15, -0.1) is 0 Å². The highest BCUT2D eigenvalue weighted by molar-refractivity contribution is 5.68. The molecule has 0 spiro atoms. The van der Waals surface area contributed by atoms with Crippen molar-refractivity contribution in [3.8, 4) is 0 Å². The highest BCUT2D eigenvalue weighted by Gasteiger charge is 2.32. The Bertz CT molecular complexity index is 456. The Hall–Kier alpha value is -1.39. The lowest BCUT2D eigenvalue weighted by atomic mass is 9.82. The topological polar surface area (TPSA) is 29.3 Å². The van der Waals surface area contributed by atoms with Gasteiger partial charge >= 0.3 is 6.18 Å². The minimum atomic E-state index is -4.34. The van der Waals surface area contributed by atoms with E-state index in [0.29, 0.717) is 11.1 Å². The van der Waals surface area contributed by atoms with E-state index < -0.39 is 11.7 Å². The number of piperidine rings is 1. The molecule has 0 amide bonds. The quantitative estimate of drug-likeness (QED) is 0.785. The van der Waals surface area contributed by atoms with Crippen molar-refractivity contribution in [2.75, 3.05) is 23.7 Å². The van der Waals surface area contributed by atoms with Crippen LogP contribution in [0.25, 0.3) is 0 Å². The summed E-state index contributed by atoms with van der Waals surface area (Å²) in [6.07, 6.45) is -2.29. The summed E-state index contributed by atoms with van der Waals surface area (Å²) in [7, 11) is 0. The maximum absolute atomic E-state index is 12.6. The van der Waals surface area contributed by atoms with Crippen LogP contribution in [0.1, 0.15) is 32.3 Å². The van der Waals surface area contributed by atoms with E-state index in [-0.39, 0.29) is 5.69 Å². The lowest BCUT2D eigenvalue weighted by Crippen LogP contribution is -2.37. The average Bonchev–Trinajstić information content (AvgIpc) is 2.28. The first-order valence-corrected chi connectivity index (χ1v) is 6.41. The van der Waals surface area contributed by atoms with E-state index in [1.54, 1.807) is 0 Å². The second kappa shape index (κ2) is 4.62. The summed E-state index contributed by atoms with van der Waals surface area (Å²) in [5, 5.41) is 0. The van der Waals surface area contributed by atoms with Crippen LogP contribution in [-0.2, 0) is 6.18 Å². The Morgan fingerprint density at radius 1 is 1.16 bits per heavy atom. The van der Waals surface area contributed by atoms with Gasteiger partial charge in [0.2, 0.25) is 0 Å².